The van der Waals surface area contributed by atoms with Crippen LogP contribution in [0.5, 0.6) is 11.5 Å². The van der Waals surface area contributed by atoms with Crippen molar-refractivity contribution in [3.63, 3.8) is 0 Å². The molecule has 0 aliphatic carbocycles. The van der Waals surface area contributed by atoms with Gasteiger partial charge in [0.05, 0.1) is 0 Å². The summed E-state index contributed by atoms with van der Waals surface area (Å²) in [5.41, 5.74) is 2.55. The molecule has 6 heteroatoms. The molecule has 0 spiro atoms. The highest BCUT2D eigenvalue weighted by atomic mass is 35.5. The Hall–Kier alpha value is -1.91. The van der Waals surface area contributed by atoms with Gasteiger partial charge in [0.2, 0.25) is 0 Å². The third kappa shape index (κ3) is 3.13. The molecule has 0 fully saturated rings. The molecule has 1 aliphatic rings. The summed E-state index contributed by atoms with van der Waals surface area (Å²) in [5.74, 6) is 1.43. The van der Waals surface area contributed by atoms with Gasteiger partial charge in [-0.05, 0) is 24.3 Å². The van der Waals surface area contributed by atoms with Crippen molar-refractivity contribution in [1.82, 2.24) is 0 Å². The quantitative estimate of drug-likeness (QED) is 0.780. The summed E-state index contributed by atoms with van der Waals surface area (Å²) in [6, 6.07) is 10.9. The van der Waals surface area contributed by atoms with E-state index in [4.69, 9.17) is 37.5 Å². The van der Waals surface area contributed by atoms with E-state index in [2.05, 4.69) is 5.16 Å². The lowest BCUT2D eigenvalue weighted by atomic mass is 10.1. The summed E-state index contributed by atoms with van der Waals surface area (Å²) in [7, 11) is 1.51. The van der Waals surface area contributed by atoms with Gasteiger partial charge in [0.15, 0.2) is 0 Å². The van der Waals surface area contributed by atoms with Crippen molar-refractivity contribution in [3.8, 4) is 11.5 Å². The normalized spacial score (nSPS) is 14.6. The second-order valence-electron chi connectivity index (χ2n) is 4.69. The van der Waals surface area contributed by atoms with E-state index in [9.17, 15) is 0 Å². The SMILES string of the molecule is CO/N=C1\COc2cc(OCc3ccc(Cl)cc3Cl)ccc21. The lowest BCUT2D eigenvalue weighted by Gasteiger charge is -2.09. The second kappa shape index (κ2) is 6.46. The maximum absolute atomic E-state index is 6.12. The fraction of sp³-hybridized carbons (Fsp3) is 0.188. The third-order valence-corrected chi connectivity index (χ3v) is 3.83. The molecule has 1 heterocycles. The van der Waals surface area contributed by atoms with E-state index in [1.165, 1.54) is 7.11 Å². The molecule has 3 rings (SSSR count). The number of hydrogen-bond donors (Lipinski definition) is 0. The first-order valence-corrected chi connectivity index (χ1v) is 7.37. The van der Waals surface area contributed by atoms with Crippen LogP contribution in [-0.4, -0.2) is 19.4 Å². The number of oxime groups is 1. The van der Waals surface area contributed by atoms with Crippen LogP contribution in [0, 0.1) is 0 Å². The molecule has 0 aromatic heterocycles. The second-order valence-corrected chi connectivity index (χ2v) is 5.54. The van der Waals surface area contributed by atoms with Gasteiger partial charge in [-0.2, -0.15) is 0 Å². The first-order valence-electron chi connectivity index (χ1n) is 6.61. The smallest absolute Gasteiger partial charge is 0.134 e. The highest BCUT2D eigenvalue weighted by Gasteiger charge is 2.20. The predicted molar refractivity (Wildman–Crippen MR) is 86.3 cm³/mol. The summed E-state index contributed by atoms with van der Waals surface area (Å²) in [4.78, 5) is 4.79. The Morgan fingerprint density at radius 1 is 1.18 bits per heavy atom. The van der Waals surface area contributed by atoms with Crippen molar-refractivity contribution in [2.24, 2.45) is 5.16 Å². The van der Waals surface area contributed by atoms with Crippen molar-refractivity contribution in [2.75, 3.05) is 13.7 Å². The molecule has 22 heavy (non-hydrogen) atoms. The molecule has 4 nitrogen and oxygen atoms in total. The number of benzene rings is 2. The zero-order valence-corrected chi connectivity index (χ0v) is 13.3. The fourth-order valence-corrected chi connectivity index (χ4v) is 2.62. The van der Waals surface area contributed by atoms with Gasteiger partial charge in [0, 0.05) is 27.2 Å². The van der Waals surface area contributed by atoms with E-state index in [1.807, 2.05) is 24.3 Å². The van der Waals surface area contributed by atoms with E-state index < -0.39 is 0 Å². The van der Waals surface area contributed by atoms with Crippen LogP contribution in [0.15, 0.2) is 41.6 Å². The van der Waals surface area contributed by atoms with E-state index in [0.717, 1.165) is 22.6 Å². The minimum Gasteiger partial charge on any atom is -0.489 e. The Kier molecular flexibility index (Phi) is 4.41. The summed E-state index contributed by atoms with van der Waals surface area (Å²) >= 11 is 12.0. The summed E-state index contributed by atoms with van der Waals surface area (Å²) in [6.07, 6.45) is 0. The van der Waals surface area contributed by atoms with Crippen LogP contribution in [0.1, 0.15) is 11.1 Å². The van der Waals surface area contributed by atoms with Crippen molar-refractivity contribution >= 4 is 28.9 Å². The molecule has 0 saturated carbocycles. The fourth-order valence-electron chi connectivity index (χ4n) is 2.16. The Balaban J connectivity index is 1.73. The predicted octanol–water partition coefficient (Wildman–Crippen LogP) is 4.32. The topological polar surface area (TPSA) is 40.0 Å². The minimum absolute atomic E-state index is 0.355. The van der Waals surface area contributed by atoms with Crippen LogP contribution in [0.3, 0.4) is 0 Å². The van der Waals surface area contributed by atoms with Crippen LogP contribution in [0.25, 0.3) is 0 Å². The number of hydrogen-bond acceptors (Lipinski definition) is 4. The number of ether oxygens (including phenoxy) is 2. The summed E-state index contributed by atoms with van der Waals surface area (Å²) < 4.78 is 11.3. The van der Waals surface area contributed by atoms with Gasteiger partial charge in [-0.25, -0.2) is 0 Å². The van der Waals surface area contributed by atoms with Crippen molar-refractivity contribution in [2.45, 2.75) is 6.61 Å². The molecular formula is C16H13Cl2NO3. The molecule has 0 unspecified atom stereocenters. The van der Waals surface area contributed by atoms with E-state index in [0.29, 0.717) is 29.0 Å². The van der Waals surface area contributed by atoms with Gasteiger partial charge >= 0.3 is 0 Å². The molecule has 0 N–H and O–H groups in total. The lowest BCUT2D eigenvalue weighted by molar-refractivity contribution is 0.211. The maximum Gasteiger partial charge on any atom is 0.134 e. The van der Waals surface area contributed by atoms with Crippen LogP contribution in [0.2, 0.25) is 10.0 Å². The van der Waals surface area contributed by atoms with Crippen molar-refractivity contribution in [1.29, 1.82) is 0 Å². The van der Waals surface area contributed by atoms with Gasteiger partial charge in [0.25, 0.3) is 0 Å². The summed E-state index contributed by atoms with van der Waals surface area (Å²) in [6.45, 7) is 0.753. The van der Waals surface area contributed by atoms with Gasteiger partial charge in [-0.1, -0.05) is 34.4 Å². The molecule has 0 atom stereocenters. The van der Waals surface area contributed by atoms with E-state index in [1.54, 1.807) is 12.1 Å². The molecule has 0 radical (unpaired) electrons. The Morgan fingerprint density at radius 2 is 2.05 bits per heavy atom. The van der Waals surface area contributed by atoms with E-state index >= 15 is 0 Å². The van der Waals surface area contributed by atoms with E-state index in [-0.39, 0.29) is 0 Å². The highest BCUT2D eigenvalue weighted by Crippen LogP contribution is 2.31. The van der Waals surface area contributed by atoms with Gasteiger partial charge < -0.3 is 14.3 Å². The van der Waals surface area contributed by atoms with Crippen LogP contribution < -0.4 is 9.47 Å². The first-order chi connectivity index (χ1) is 10.7. The maximum atomic E-state index is 6.12. The Morgan fingerprint density at radius 3 is 2.82 bits per heavy atom. The zero-order chi connectivity index (χ0) is 15.5. The summed E-state index contributed by atoms with van der Waals surface area (Å²) in [5, 5.41) is 5.11. The number of nitrogens with zero attached hydrogens (tertiary/aromatic N) is 1. The standard InChI is InChI=1S/C16H13Cl2NO3/c1-20-19-15-9-22-16-7-12(4-5-13(15)16)21-8-10-2-3-11(17)6-14(10)18/h2-7H,8-9H2,1H3/b19-15+. The molecular weight excluding hydrogens is 325 g/mol. The molecule has 0 amide bonds. The number of halogens is 2. The zero-order valence-electron chi connectivity index (χ0n) is 11.8. The molecule has 2 aromatic rings. The molecule has 0 saturated heterocycles. The van der Waals surface area contributed by atoms with Crippen molar-refractivity contribution in [3.05, 3.63) is 57.6 Å². The Labute approximate surface area is 138 Å². The average molecular weight is 338 g/mol. The van der Waals surface area contributed by atoms with Crippen molar-refractivity contribution < 1.29 is 14.3 Å². The largest absolute Gasteiger partial charge is 0.489 e. The molecule has 114 valence electrons. The van der Waals surface area contributed by atoms with Gasteiger partial charge in [-0.15, -0.1) is 0 Å². The average Bonchev–Trinajstić information content (AvgIpc) is 2.89. The number of rotatable bonds is 4. The lowest BCUT2D eigenvalue weighted by Crippen LogP contribution is -2.02. The monoisotopic (exact) mass is 337 g/mol. The van der Waals surface area contributed by atoms with Gasteiger partial charge in [0.1, 0.15) is 37.5 Å². The van der Waals surface area contributed by atoms with Crippen LogP contribution >= 0.6 is 23.2 Å². The first kappa shape index (κ1) is 15.0. The molecule has 1 aliphatic heterocycles. The number of fused-ring (bicyclic) bond motifs is 1. The third-order valence-electron chi connectivity index (χ3n) is 3.24. The molecule has 0 bridgehead atoms. The van der Waals surface area contributed by atoms with Crippen LogP contribution in [0.4, 0.5) is 0 Å². The van der Waals surface area contributed by atoms with Gasteiger partial charge in [-0.3, -0.25) is 0 Å². The Bertz CT molecular complexity index is 731. The molecule has 2 aromatic carbocycles. The van der Waals surface area contributed by atoms with Crippen LogP contribution in [-0.2, 0) is 11.4 Å². The highest BCUT2D eigenvalue weighted by molar-refractivity contribution is 6.35. The minimum atomic E-state index is 0.355.